The summed E-state index contributed by atoms with van der Waals surface area (Å²) in [5.41, 5.74) is 5.35. The maximum atomic E-state index is 12.6. The molecule has 1 aliphatic heterocycles. The molecule has 2 aliphatic rings. The van der Waals surface area contributed by atoms with Crippen LogP contribution in [0.4, 0.5) is 0 Å². The average Bonchev–Trinajstić information content (AvgIpc) is 3.03. The first kappa shape index (κ1) is 14.5. The smallest absolute Gasteiger partial charge is 0.241 e. The van der Waals surface area contributed by atoms with Gasteiger partial charge in [-0.1, -0.05) is 13.8 Å². The van der Waals surface area contributed by atoms with E-state index in [1.54, 1.807) is 11.3 Å². The highest BCUT2D eigenvalue weighted by molar-refractivity contribution is 9.10. The first-order valence-electron chi connectivity index (χ1n) is 6.79. The molecular formula is C14H19BrN2O2S. The summed E-state index contributed by atoms with van der Waals surface area (Å²) in [5, 5.41) is 5.00. The van der Waals surface area contributed by atoms with Crippen molar-refractivity contribution in [1.29, 1.82) is 0 Å². The van der Waals surface area contributed by atoms with E-state index in [-0.39, 0.29) is 23.3 Å². The van der Waals surface area contributed by atoms with Crippen LogP contribution in [0.3, 0.4) is 0 Å². The Labute approximate surface area is 131 Å². The number of carbonyl (C=O) groups is 1. The van der Waals surface area contributed by atoms with Gasteiger partial charge in [0.2, 0.25) is 5.91 Å². The molecule has 1 aliphatic carbocycles. The van der Waals surface area contributed by atoms with Gasteiger partial charge < -0.3 is 15.8 Å². The van der Waals surface area contributed by atoms with Crippen LogP contribution in [-0.2, 0) is 16.1 Å². The van der Waals surface area contributed by atoms with Crippen molar-refractivity contribution in [3.05, 3.63) is 20.8 Å². The Morgan fingerprint density at radius 1 is 1.65 bits per heavy atom. The molecule has 0 spiro atoms. The molecule has 20 heavy (non-hydrogen) atoms. The molecule has 3 rings (SSSR count). The Kier molecular flexibility index (Phi) is 3.48. The summed E-state index contributed by atoms with van der Waals surface area (Å²) in [6.45, 7) is 5.28. The Morgan fingerprint density at radius 2 is 2.40 bits per heavy atom. The van der Waals surface area contributed by atoms with Gasteiger partial charge in [-0.3, -0.25) is 4.79 Å². The SMILES string of the molecule is CC1(C)C2OCCC2C1(N)C(=O)NCc1sccc1Br. The van der Waals surface area contributed by atoms with Gasteiger partial charge in [0.1, 0.15) is 5.54 Å². The van der Waals surface area contributed by atoms with Gasteiger partial charge in [-0.25, -0.2) is 0 Å². The monoisotopic (exact) mass is 358 g/mol. The molecule has 1 aromatic rings. The van der Waals surface area contributed by atoms with E-state index in [9.17, 15) is 4.79 Å². The van der Waals surface area contributed by atoms with Gasteiger partial charge in [0, 0.05) is 27.3 Å². The second-order valence-electron chi connectivity index (χ2n) is 6.15. The molecule has 0 bridgehead atoms. The van der Waals surface area contributed by atoms with E-state index in [0.717, 1.165) is 15.8 Å². The van der Waals surface area contributed by atoms with Crippen molar-refractivity contribution < 1.29 is 9.53 Å². The first-order chi connectivity index (χ1) is 9.39. The summed E-state index contributed by atoms with van der Waals surface area (Å²) in [6.07, 6.45) is 0.993. The fourth-order valence-corrected chi connectivity index (χ4v) is 5.04. The van der Waals surface area contributed by atoms with E-state index in [0.29, 0.717) is 13.2 Å². The molecule has 1 aromatic heterocycles. The number of carbonyl (C=O) groups excluding carboxylic acids is 1. The molecule has 1 saturated carbocycles. The minimum Gasteiger partial charge on any atom is -0.377 e. The third-order valence-corrected chi connectivity index (χ3v) is 6.86. The van der Waals surface area contributed by atoms with Crippen LogP contribution in [0, 0.1) is 11.3 Å². The molecular weight excluding hydrogens is 340 g/mol. The molecule has 4 nitrogen and oxygen atoms in total. The lowest BCUT2D eigenvalue weighted by Gasteiger charge is -2.60. The number of thiophene rings is 1. The zero-order chi connectivity index (χ0) is 14.5. The maximum absolute atomic E-state index is 12.6. The van der Waals surface area contributed by atoms with Crippen LogP contribution in [0.15, 0.2) is 15.9 Å². The van der Waals surface area contributed by atoms with Crippen LogP contribution in [-0.4, -0.2) is 24.2 Å². The summed E-state index contributed by atoms with van der Waals surface area (Å²) in [4.78, 5) is 13.7. The normalized spacial score (nSPS) is 34.4. The summed E-state index contributed by atoms with van der Waals surface area (Å²) >= 11 is 5.09. The number of nitrogens with two attached hydrogens (primary N) is 1. The third-order valence-electron chi connectivity index (χ3n) is 4.93. The van der Waals surface area contributed by atoms with Gasteiger partial charge in [0.05, 0.1) is 12.6 Å². The topological polar surface area (TPSA) is 64.3 Å². The number of nitrogens with one attached hydrogen (secondary N) is 1. The zero-order valence-corrected chi connectivity index (χ0v) is 14.0. The molecule has 6 heteroatoms. The molecule has 3 unspecified atom stereocenters. The largest absolute Gasteiger partial charge is 0.377 e. The van der Waals surface area contributed by atoms with E-state index in [1.165, 1.54) is 0 Å². The lowest BCUT2D eigenvalue weighted by Crippen LogP contribution is -2.80. The number of amides is 1. The second-order valence-corrected chi connectivity index (χ2v) is 8.01. The van der Waals surface area contributed by atoms with Crippen LogP contribution in [0.1, 0.15) is 25.1 Å². The van der Waals surface area contributed by atoms with E-state index in [2.05, 4.69) is 21.2 Å². The van der Waals surface area contributed by atoms with Gasteiger partial charge in [0.15, 0.2) is 0 Å². The maximum Gasteiger partial charge on any atom is 0.241 e. The number of fused-ring (bicyclic) bond motifs is 1. The lowest BCUT2D eigenvalue weighted by atomic mass is 9.48. The molecule has 0 aromatic carbocycles. The average molecular weight is 359 g/mol. The zero-order valence-electron chi connectivity index (χ0n) is 11.6. The number of hydrogen-bond donors (Lipinski definition) is 2. The molecule has 1 amide bonds. The van der Waals surface area contributed by atoms with Gasteiger partial charge in [0.25, 0.3) is 0 Å². The fourth-order valence-electron chi connectivity index (χ4n) is 3.60. The summed E-state index contributed by atoms with van der Waals surface area (Å²) in [5.74, 6) is 0.0822. The quantitative estimate of drug-likeness (QED) is 0.870. The summed E-state index contributed by atoms with van der Waals surface area (Å²) in [6, 6.07) is 1.98. The van der Waals surface area contributed by atoms with E-state index in [1.807, 2.05) is 25.3 Å². The Bertz CT molecular complexity index is 545. The van der Waals surface area contributed by atoms with Crippen molar-refractivity contribution in [2.24, 2.45) is 17.1 Å². The number of rotatable bonds is 3. The predicted molar refractivity (Wildman–Crippen MR) is 82.4 cm³/mol. The van der Waals surface area contributed by atoms with Gasteiger partial charge in [-0.05, 0) is 33.8 Å². The molecule has 3 atom stereocenters. The van der Waals surface area contributed by atoms with Gasteiger partial charge in [-0.2, -0.15) is 0 Å². The molecule has 2 fully saturated rings. The predicted octanol–water partition coefficient (Wildman–Crippen LogP) is 2.27. The van der Waals surface area contributed by atoms with Gasteiger partial charge in [-0.15, -0.1) is 11.3 Å². The second kappa shape index (κ2) is 4.80. The minimum atomic E-state index is -0.822. The Morgan fingerprint density at radius 3 is 3.05 bits per heavy atom. The highest BCUT2D eigenvalue weighted by Gasteiger charge is 2.71. The summed E-state index contributed by atoms with van der Waals surface area (Å²) < 4.78 is 6.75. The molecule has 2 heterocycles. The summed E-state index contributed by atoms with van der Waals surface area (Å²) in [7, 11) is 0. The van der Waals surface area contributed by atoms with Crippen molar-refractivity contribution in [1.82, 2.24) is 5.32 Å². The Balaban J connectivity index is 1.72. The van der Waals surface area contributed by atoms with Crippen molar-refractivity contribution in [2.75, 3.05) is 6.61 Å². The van der Waals surface area contributed by atoms with E-state index >= 15 is 0 Å². The van der Waals surface area contributed by atoms with Crippen molar-refractivity contribution >= 4 is 33.2 Å². The van der Waals surface area contributed by atoms with Crippen molar-refractivity contribution in [3.63, 3.8) is 0 Å². The molecule has 3 N–H and O–H groups in total. The standard InChI is InChI=1S/C14H19BrN2O2S/c1-13(2)11-8(3-5-19-11)14(13,16)12(18)17-7-10-9(15)4-6-20-10/h4,6,8,11H,3,5,7,16H2,1-2H3,(H,17,18). The third kappa shape index (κ3) is 1.81. The van der Waals surface area contributed by atoms with E-state index in [4.69, 9.17) is 10.5 Å². The minimum absolute atomic E-state index is 0.0606. The Hall–Kier alpha value is -0.430. The van der Waals surface area contributed by atoms with Crippen LogP contribution in [0.5, 0.6) is 0 Å². The molecule has 110 valence electrons. The molecule has 0 radical (unpaired) electrons. The van der Waals surface area contributed by atoms with Crippen LogP contribution >= 0.6 is 27.3 Å². The van der Waals surface area contributed by atoms with Gasteiger partial charge >= 0.3 is 0 Å². The molecule has 1 saturated heterocycles. The fraction of sp³-hybridized carbons (Fsp3) is 0.643. The van der Waals surface area contributed by atoms with Crippen LogP contribution in [0.2, 0.25) is 0 Å². The van der Waals surface area contributed by atoms with Crippen molar-refractivity contribution in [3.8, 4) is 0 Å². The number of ether oxygens (including phenoxy) is 1. The highest BCUT2D eigenvalue weighted by atomic mass is 79.9. The van der Waals surface area contributed by atoms with E-state index < -0.39 is 5.54 Å². The van der Waals surface area contributed by atoms with Crippen molar-refractivity contribution in [2.45, 2.75) is 38.5 Å². The highest BCUT2D eigenvalue weighted by Crippen LogP contribution is 2.58. The van der Waals surface area contributed by atoms with Crippen LogP contribution < -0.4 is 11.1 Å². The number of hydrogen-bond acceptors (Lipinski definition) is 4. The van der Waals surface area contributed by atoms with Crippen LogP contribution in [0.25, 0.3) is 0 Å². The lowest BCUT2D eigenvalue weighted by molar-refractivity contribution is -0.175. The first-order valence-corrected chi connectivity index (χ1v) is 8.47. The number of halogens is 1.